The minimum absolute atomic E-state index is 0. The monoisotopic (exact) mass is 520 g/mol. The average molecular weight is 520 g/mol. The van der Waals surface area contributed by atoms with Crippen LogP contribution in [0.15, 0.2) is 53.7 Å². The number of anilines is 1. The normalized spacial score (nSPS) is 11.8. The minimum Gasteiger partial charge on any atom is -0.496 e. The van der Waals surface area contributed by atoms with Gasteiger partial charge in [0, 0.05) is 23.6 Å². The number of fused-ring (bicyclic) bond motifs is 1. The van der Waals surface area contributed by atoms with Crippen LogP contribution in [0, 0.1) is 0 Å². The van der Waals surface area contributed by atoms with Crippen molar-refractivity contribution in [3.63, 3.8) is 0 Å². The van der Waals surface area contributed by atoms with Gasteiger partial charge in [-0.25, -0.2) is 0 Å². The number of aliphatic imine (C=N–C) groups is 1. The molecular weight excluding hydrogens is 500 g/mol. The van der Waals surface area contributed by atoms with Gasteiger partial charge >= 0.3 is 6.36 Å². The van der Waals surface area contributed by atoms with Gasteiger partial charge in [-0.15, -0.1) is 37.1 Å². The molecule has 0 bridgehead atoms. The van der Waals surface area contributed by atoms with Gasteiger partial charge in [-0.2, -0.15) is 0 Å². The van der Waals surface area contributed by atoms with Gasteiger partial charge in [-0.3, -0.25) is 4.99 Å². The molecule has 0 spiro atoms. The summed E-state index contributed by atoms with van der Waals surface area (Å²) < 4.78 is 46.8. The number of halogens is 4. The molecule has 10 heteroatoms. The van der Waals surface area contributed by atoms with E-state index in [1.54, 1.807) is 13.2 Å². The van der Waals surface area contributed by atoms with E-state index in [4.69, 9.17) is 10.5 Å². The molecule has 1 heterocycles. The highest BCUT2D eigenvalue weighted by Gasteiger charge is 2.32. The van der Waals surface area contributed by atoms with Crippen molar-refractivity contribution in [2.24, 2.45) is 10.7 Å². The fourth-order valence-corrected chi connectivity index (χ4v) is 2.84. The van der Waals surface area contributed by atoms with Crippen LogP contribution in [0.5, 0.6) is 11.5 Å². The van der Waals surface area contributed by atoms with Gasteiger partial charge in [0.1, 0.15) is 5.75 Å². The highest BCUT2D eigenvalue weighted by atomic mass is 127. The van der Waals surface area contributed by atoms with E-state index in [1.165, 1.54) is 18.2 Å². The summed E-state index contributed by atoms with van der Waals surface area (Å²) in [5, 5.41) is 3.61. The molecule has 4 N–H and O–H groups in total. The van der Waals surface area contributed by atoms with E-state index in [0.29, 0.717) is 13.0 Å². The molecule has 0 fully saturated rings. The number of hydrogen-bond donors (Lipinski definition) is 3. The summed E-state index contributed by atoms with van der Waals surface area (Å²) in [5.74, 6) is 0.363. The van der Waals surface area contributed by atoms with Gasteiger partial charge in [-0.05, 0) is 36.2 Å². The third-order valence-electron chi connectivity index (χ3n) is 4.01. The molecule has 0 atom stereocenters. The number of H-pyrrole nitrogens is 1. The highest BCUT2D eigenvalue weighted by Crippen LogP contribution is 2.30. The molecule has 0 unspecified atom stereocenters. The summed E-state index contributed by atoms with van der Waals surface area (Å²) in [6, 6.07) is 11.3. The van der Waals surface area contributed by atoms with Crippen LogP contribution in [0.2, 0.25) is 0 Å². The summed E-state index contributed by atoms with van der Waals surface area (Å²) in [5.41, 5.74) is 7.85. The number of nitrogens with two attached hydrogens (primary N) is 1. The van der Waals surface area contributed by atoms with Gasteiger partial charge in [0.25, 0.3) is 0 Å². The maximum atomic E-state index is 12.5. The third kappa shape index (κ3) is 5.92. The quantitative estimate of drug-likeness (QED) is 0.251. The largest absolute Gasteiger partial charge is 0.573 e. The lowest BCUT2D eigenvalue weighted by Crippen LogP contribution is -2.24. The second kappa shape index (κ2) is 9.72. The highest BCUT2D eigenvalue weighted by molar-refractivity contribution is 14.0. The first-order chi connectivity index (χ1) is 13.4. The van der Waals surface area contributed by atoms with Crippen molar-refractivity contribution in [3.05, 3.63) is 54.2 Å². The summed E-state index contributed by atoms with van der Waals surface area (Å²) >= 11 is 0. The van der Waals surface area contributed by atoms with Crippen LogP contribution in [-0.4, -0.2) is 31.0 Å². The number of guanidine groups is 1. The molecule has 3 rings (SSSR count). The molecule has 0 aliphatic carbocycles. The van der Waals surface area contributed by atoms with Crippen molar-refractivity contribution in [3.8, 4) is 11.5 Å². The SMILES string of the molecule is COc1cccc2[nH]cc(CCN=C(N)Nc3ccccc3OC(F)(F)F)c12.I. The molecule has 0 aliphatic heterocycles. The lowest BCUT2D eigenvalue weighted by molar-refractivity contribution is -0.274. The van der Waals surface area contributed by atoms with Crippen molar-refractivity contribution in [2.75, 3.05) is 19.0 Å². The van der Waals surface area contributed by atoms with Crippen molar-refractivity contribution >= 4 is 46.5 Å². The number of nitrogens with one attached hydrogen (secondary N) is 2. The van der Waals surface area contributed by atoms with Gasteiger partial charge in [0.05, 0.1) is 12.8 Å². The van der Waals surface area contributed by atoms with Crippen LogP contribution < -0.4 is 20.5 Å². The summed E-state index contributed by atoms with van der Waals surface area (Å²) in [7, 11) is 1.60. The average Bonchev–Trinajstić information content (AvgIpc) is 3.05. The van der Waals surface area contributed by atoms with Crippen molar-refractivity contribution in [1.29, 1.82) is 0 Å². The van der Waals surface area contributed by atoms with Crippen LogP contribution in [0.3, 0.4) is 0 Å². The molecule has 156 valence electrons. The molecule has 0 saturated carbocycles. The van der Waals surface area contributed by atoms with E-state index in [2.05, 4.69) is 20.0 Å². The summed E-state index contributed by atoms with van der Waals surface area (Å²) in [4.78, 5) is 7.36. The molecule has 0 radical (unpaired) electrons. The van der Waals surface area contributed by atoms with Crippen LogP contribution in [0.4, 0.5) is 18.9 Å². The number of hydrogen-bond acceptors (Lipinski definition) is 3. The number of ether oxygens (including phenoxy) is 2. The molecule has 6 nitrogen and oxygen atoms in total. The minimum atomic E-state index is -4.79. The van der Waals surface area contributed by atoms with E-state index in [9.17, 15) is 13.2 Å². The number of para-hydroxylation sites is 2. The zero-order chi connectivity index (χ0) is 20.1. The first-order valence-electron chi connectivity index (χ1n) is 8.42. The van der Waals surface area contributed by atoms with Gasteiger partial charge in [0.15, 0.2) is 11.7 Å². The van der Waals surface area contributed by atoms with E-state index < -0.39 is 6.36 Å². The fraction of sp³-hybridized carbons (Fsp3) is 0.211. The predicted molar refractivity (Wildman–Crippen MR) is 117 cm³/mol. The third-order valence-corrected chi connectivity index (χ3v) is 4.01. The molecule has 0 aliphatic rings. The lowest BCUT2D eigenvalue weighted by atomic mass is 10.1. The number of benzene rings is 2. The molecule has 0 saturated heterocycles. The topological polar surface area (TPSA) is 84.7 Å². The maximum Gasteiger partial charge on any atom is 0.573 e. The zero-order valence-electron chi connectivity index (χ0n) is 15.4. The van der Waals surface area contributed by atoms with E-state index >= 15 is 0 Å². The number of nitrogens with zero attached hydrogens (tertiary/aromatic N) is 1. The van der Waals surface area contributed by atoms with Crippen LogP contribution >= 0.6 is 24.0 Å². The molecule has 3 aromatic rings. The standard InChI is InChI=1S/C19H19F3N4O2.HI/c1-27-16-8-4-6-14-17(16)12(11-25-14)9-10-24-18(23)26-13-5-2-3-7-15(13)28-19(20,21)22;/h2-8,11,25H,9-10H2,1H3,(H3,23,24,26);1H. The second-order valence-electron chi connectivity index (χ2n) is 5.88. The zero-order valence-corrected chi connectivity index (χ0v) is 17.7. The molecule has 0 amide bonds. The first-order valence-corrected chi connectivity index (χ1v) is 8.42. The Labute approximate surface area is 182 Å². The Bertz CT molecular complexity index is 989. The Morgan fingerprint density at radius 3 is 2.59 bits per heavy atom. The Morgan fingerprint density at radius 2 is 1.86 bits per heavy atom. The predicted octanol–water partition coefficient (Wildman–Crippen LogP) is 4.66. The number of alkyl halides is 3. The number of rotatable bonds is 6. The molecule has 29 heavy (non-hydrogen) atoms. The lowest BCUT2D eigenvalue weighted by Gasteiger charge is -2.14. The smallest absolute Gasteiger partial charge is 0.496 e. The maximum absolute atomic E-state index is 12.5. The van der Waals surface area contributed by atoms with Crippen LogP contribution in [0.25, 0.3) is 10.9 Å². The van der Waals surface area contributed by atoms with Crippen molar-refractivity contribution < 1.29 is 22.6 Å². The Balaban J connectivity index is 0.00000300. The molecular formula is C19H20F3IN4O2. The summed E-state index contributed by atoms with van der Waals surface area (Å²) in [6.07, 6.45) is -2.35. The first kappa shape index (κ1) is 22.7. The molecule has 1 aromatic heterocycles. The Morgan fingerprint density at radius 1 is 1.14 bits per heavy atom. The van der Waals surface area contributed by atoms with E-state index in [-0.39, 0.29) is 41.4 Å². The van der Waals surface area contributed by atoms with Crippen LogP contribution in [-0.2, 0) is 6.42 Å². The number of aromatic nitrogens is 1. The number of aromatic amines is 1. The fourth-order valence-electron chi connectivity index (χ4n) is 2.84. The van der Waals surface area contributed by atoms with Gasteiger partial charge in [-0.1, -0.05) is 18.2 Å². The van der Waals surface area contributed by atoms with E-state index in [1.807, 2.05) is 24.4 Å². The van der Waals surface area contributed by atoms with E-state index in [0.717, 1.165) is 22.2 Å². The Kier molecular flexibility index (Phi) is 7.59. The van der Waals surface area contributed by atoms with Gasteiger partial charge in [0.2, 0.25) is 0 Å². The van der Waals surface area contributed by atoms with Crippen LogP contribution in [0.1, 0.15) is 5.56 Å². The van der Waals surface area contributed by atoms with Gasteiger partial charge < -0.3 is 25.5 Å². The Hall–Kier alpha value is -2.63. The summed E-state index contributed by atoms with van der Waals surface area (Å²) in [6.45, 7) is 0.339. The molecule has 2 aromatic carbocycles. The number of methoxy groups -OCH3 is 1. The second-order valence-corrected chi connectivity index (χ2v) is 5.88. The van der Waals surface area contributed by atoms with Crippen molar-refractivity contribution in [1.82, 2.24) is 4.98 Å². The van der Waals surface area contributed by atoms with Crippen molar-refractivity contribution in [2.45, 2.75) is 12.8 Å².